The first-order valence-electron chi connectivity index (χ1n) is 6.20. The second-order valence-electron chi connectivity index (χ2n) is 4.47. The number of aliphatic carboxylic acids is 1. The zero-order valence-corrected chi connectivity index (χ0v) is 10.5. The van der Waals surface area contributed by atoms with Crippen molar-refractivity contribution in [1.82, 2.24) is 9.88 Å². The van der Waals surface area contributed by atoms with Crippen LogP contribution in [-0.4, -0.2) is 46.6 Å². The highest BCUT2D eigenvalue weighted by Gasteiger charge is 2.33. The van der Waals surface area contributed by atoms with Crippen molar-refractivity contribution in [3.63, 3.8) is 0 Å². The zero-order valence-electron chi connectivity index (χ0n) is 10.5. The highest BCUT2D eigenvalue weighted by atomic mass is 16.5. The van der Waals surface area contributed by atoms with Crippen LogP contribution in [0.5, 0.6) is 5.75 Å². The zero-order chi connectivity index (χ0) is 13.7. The molecule has 1 atom stereocenters. The highest BCUT2D eigenvalue weighted by molar-refractivity contribution is 5.86. The summed E-state index contributed by atoms with van der Waals surface area (Å²) < 4.78 is 5.46. The Morgan fingerprint density at radius 3 is 3.05 bits per heavy atom. The summed E-state index contributed by atoms with van der Waals surface area (Å²) in [6.45, 7) is 1.32. The van der Waals surface area contributed by atoms with Gasteiger partial charge in [0, 0.05) is 25.7 Å². The van der Waals surface area contributed by atoms with Crippen LogP contribution in [0.2, 0.25) is 0 Å². The van der Waals surface area contributed by atoms with E-state index in [0.717, 1.165) is 0 Å². The van der Waals surface area contributed by atoms with E-state index >= 15 is 0 Å². The van der Waals surface area contributed by atoms with Crippen LogP contribution in [0.3, 0.4) is 0 Å². The van der Waals surface area contributed by atoms with Gasteiger partial charge in [-0.25, -0.2) is 0 Å². The summed E-state index contributed by atoms with van der Waals surface area (Å²) in [6, 6.07) is 3.60. The van der Waals surface area contributed by atoms with Crippen molar-refractivity contribution in [2.75, 3.05) is 19.7 Å². The quantitative estimate of drug-likeness (QED) is 0.768. The van der Waals surface area contributed by atoms with Gasteiger partial charge in [-0.05, 0) is 18.6 Å². The lowest BCUT2D eigenvalue weighted by molar-refractivity contribution is -0.141. The van der Waals surface area contributed by atoms with E-state index in [0.29, 0.717) is 31.9 Å². The van der Waals surface area contributed by atoms with E-state index in [-0.39, 0.29) is 12.3 Å². The van der Waals surface area contributed by atoms with Crippen LogP contribution >= 0.6 is 0 Å². The Morgan fingerprint density at radius 1 is 1.58 bits per heavy atom. The number of carboxylic acids is 1. The second kappa shape index (κ2) is 6.17. The van der Waals surface area contributed by atoms with E-state index in [9.17, 15) is 9.59 Å². The van der Waals surface area contributed by atoms with Crippen molar-refractivity contribution >= 4 is 11.9 Å². The predicted octanol–water partition coefficient (Wildman–Crippen LogP) is 0.784. The molecule has 1 fully saturated rings. The Kier molecular flexibility index (Phi) is 4.33. The molecule has 1 N–H and O–H groups in total. The van der Waals surface area contributed by atoms with Crippen LogP contribution in [0, 0.1) is 5.92 Å². The molecule has 1 unspecified atom stereocenters. The van der Waals surface area contributed by atoms with Gasteiger partial charge in [0.2, 0.25) is 5.91 Å². The number of amides is 1. The van der Waals surface area contributed by atoms with Crippen LogP contribution in [0.4, 0.5) is 0 Å². The van der Waals surface area contributed by atoms with Crippen LogP contribution in [-0.2, 0) is 9.59 Å². The number of aromatic nitrogens is 1. The molecule has 1 amide bonds. The molecule has 19 heavy (non-hydrogen) atoms. The molecule has 0 spiro atoms. The first kappa shape index (κ1) is 13.3. The molecule has 1 aliphatic heterocycles. The molecule has 102 valence electrons. The fraction of sp³-hybridized carbons (Fsp3) is 0.462. The normalized spacial score (nSPS) is 18.6. The molecular weight excluding hydrogens is 248 g/mol. The predicted molar refractivity (Wildman–Crippen MR) is 66.7 cm³/mol. The summed E-state index contributed by atoms with van der Waals surface area (Å²) in [5.41, 5.74) is 0. The number of hydrogen-bond donors (Lipinski definition) is 1. The minimum absolute atomic E-state index is 0.0891. The first-order chi connectivity index (χ1) is 9.16. The number of carboxylic acid groups (broad SMARTS) is 1. The van der Waals surface area contributed by atoms with E-state index in [1.165, 1.54) is 0 Å². The summed E-state index contributed by atoms with van der Waals surface area (Å²) in [5, 5.41) is 8.86. The Morgan fingerprint density at radius 2 is 2.42 bits per heavy atom. The number of rotatable bonds is 6. The lowest BCUT2D eigenvalue weighted by atomic mass is 10.1. The molecule has 1 aromatic rings. The van der Waals surface area contributed by atoms with Crippen LogP contribution in [0.25, 0.3) is 0 Å². The van der Waals surface area contributed by atoms with Gasteiger partial charge < -0.3 is 14.7 Å². The summed E-state index contributed by atoms with van der Waals surface area (Å²) in [6.07, 6.45) is 4.08. The van der Waals surface area contributed by atoms with Gasteiger partial charge in [0.1, 0.15) is 5.75 Å². The van der Waals surface area contributed by atoms with Crippen molar-refractivity contribution in [2.45, 2.75) is 12.8 Å². The maximum atomic E-state index is 11.6. The number of ether oxygens (including phenoxy) is 1. The molecule has 0 bridgehead atoms. The lowest BCUT2D eigenvalue weighted by Gasteiger charge is -2.15. The van der Waals surface area contributed by atoms with Crippen molar-refractivity contribution in [1.29, 1.82) is 0 Å². The van der Waals surface area contributed by atoms with Gasteiger partial charge in [0.25, 0.3) is 0 Å². The average Bonchev–Trinajstić information content (AvgIpc) is 2.78. The molecule has 1 aliphatic rings. The fourth-order valence-corrected chi connectivity index (χ4v) is 2.03. The Balaban J connectivity index is 1.69. The van der Waals surface area contributed by atoms with Gasteiger partial charge >= 0.3 is 5.97 Å². The maximum Gasteiger partial charge on any atom is 0.308 e. The van der Waals surface area contributed by atoms with Gasteiger partial charge in [-0.15, -0.1) is 0 Å². The minimum atomic E-state index is -0.901. The number of pyridine rings is 1. The van der Waals surface area contributed by atoms with E-state index in [2.05, 4.69) is 4.98 Å². The molecule has 2 heterocycles. The summed E-state index contributed by atoms with van der Waals surface area (Å²) in [4.78, 5) is 27.9. The van der Waals surface area contributed by atoms with Crippen molar-refractivity contribution < 1.29 is 19.4 Å². The third-order valence-corrected chi connectivity index (χ3v) is 3.04. The van der Waals surface area contributed by atoms with Gasteiger partial charge in [0.15, 0.2) is 0 Å². The lowest BCUT2D eigenvalue weighted by Crippen LogP contribution is -2.28. The van der Waals surface area contributed by atoms with Gasteiger partial charge in [-0.1, -0.05) is 0 Å². The van der Waals surface area contributed by atoms with E-state index < -0.39 is 11.9 Å². The van der Waals surface area contributed by atoms with Crippen LogP contribution in [0.1, 0.15) is 12.8 Å². The highest BCUT2D eigenvalue weighted by Crippen LogP contribution is 2.18. The van der Waals surface area contributed by atoms with E-state index in [1.54, 1.807) is 23.4 Å². The number of carbonyl (C=O) groups excluding carboxylic acids is 1. The average molecular weight is 264 g/mol. The summed E-state index contributed by atoms with van der Waals surface area (Å²) in [5.74, 6) is -0.860. The van der Waals surface area contributed by atoms with Gasteiger partial charge in [0.05, 0.1) is 18.7 Å². The van der Waals surface area contributed by atoms with Crippen molar-refractivity contribution in [2.24, 2.45) is 5.92 Å². The third kappa shape index (κ3) is 3.67. The van der Waals surface area contributed by atoms with Gasteiger partial charge in [-0.2, -0.15) is 0 Å². The molecule has 1 saturated heterocycles. The smallest absolute Gasteiger partial charge is 0.308 e. The SMILES string of the molecule is O=C(O)C1CC(=O)N(CCCOc2cccnc2)C1. The van der Waals surface area contributed by atoms with E-state index in [1.807, 2.05) is 6.07 Å². The Hall–Kier alpha value is -2.11. The van der Waals surface area contributed by atoms with E-state index in [4.69, 9.17) is 9.84 Å². The number of carbonyl (C=O) groups is 2. The summed E-state index contributed by atoms with van der Waals surface area (Å²) >= 11 is 0. The number of hydrogen-bond acceptors (Lipinski definition) is 4. The maximum absolute atomic E-state index is 11.6. The van der Waals surface area contributed by atoms with Gasteiger partial charge in [-0.3, -0.25) is 14.6 Å². The molecule has 0 aliphatic carbocycles. The largest absolute Gasteiger partial charge is 0.492 e. The molecular formula is C13H16N2O4. The van der Waals surface area contributed by atoms with Crippen LogP contribution < -0.4 is 4.74 Å². The fourth-order valence-electron chi connectivity index (χ4n) is 2.03. The molecule has 0 radical (unpaired) electrons. The minimum Gasteiger partial charge on any atom is -0.492 e. The second-order valence-corrected chi connectivity index (χ2v) is 4.47. The molecule has 6 heteroatoms. The Bertz CT molecular complexity index is 449. The topological polar surface area (TPSA) is 79.7 Å². The molecule has 6 nitrogen and oxygen atoms in total. The number of likely N-dealkylation sites (tertiary alicyclic amines) is 1. The molecule has 0 aromatic carbocycles. The number of nitrogens with zero attached hydrogens (tertiary/aromatic N) is 2. The standard InChI is InChI=1S/C13H16N2O4/c16-12-7-10(13(17)18)9-15(12)5-2-6-19-11-3-1-4-14-8-11/h1,3-4,8,10H,2,5-7,9H2,(H,17,18). The third-order valence-electron chi connectivity index (χ3n) is 3.04. The Labute approximate surface area is 111 Å². The molecule has 0 saturated carbocycles. The first-order valence-corrected chi connectivity index (χ1v) is 6.20. The monoisotopic (exact) mass is 264 g/mol. The van der Waals surface area contributed by atoms with Crippen molar-refractivity contribution in [3.8, 4) is 5.75 Å². The van der Waals surface area contributed by atoms with Crippen molar-refractivity contribution in [3.05, 3.63) is 24.5 Å². The van der Waals surface area contributed by atoms with Crippen LogP contribution in [0.15, 0.2) is 24.5 Å². The molecule has 1 aromatic heterocycles. The molecule has 2 rings (SSSR count). The summed E-state index contributed by atoms with van der Waals surface area (Å²) in [7, 11) is 0.